The lowest BCUT2D eigenvalue weighted by Crippen LogP contribution is -2.61. The van der Waals surface area contributed by atoms with E-state index < -0.39 is 108 Å². The van der Waals surface area contributed by atoms with Gasteiger partial charge in [-0.3, -0.25) is 43.3 Å². The summed E-state index contributed by atoms with van der Waals surface area (Å²) in [6.07, 6.45) is -0.0439. The molecule has 0 aromatic rings. The first-order valence-electron chi connectivity index (χ1n) is 19.7. The van der Waals surface area contributed by atoms with Crippen LogP contribution in [0.1, 0.15) is 101 Å². The van der Waals surface area contributed by atoms with Crippen LogP contribution in [-0.4, -0.2) is 124 Å². The van der Waals surface area contributed by atoms with Crippen LogP contribution in [-0.2, 0) is 38.4 Å². The van der Waals surface area contributed by atoms with Crippen molar-refractivity contribution in [2.75, 3.05) is 6.54 Å². The molecule has 0 saturated heterocycles. The van der Waals surface area contributed by atoms with Gasteiger partial charge in [0.05, 0.1) is 12.1 Å². The van der Waals surface area contributed by atoms with Gasteiger partial charge in [-0.2, -0.15) is 0 Å². The van der Waals surface area contributed by atoms with Gasteiger partial charge < -0.3 is 64.6 Å². The highest BCUT2D eigenvalue weighted by Gasteiger charge is 2.35. The van der Waals surface area contributed by atoms with Crippen LogP contribution in [0.25, 0.3) is 0 Å². The molecule has 0 radical (unpaired) electrons. The van der Waals surface area contributed by atoms with Gasteiger partial charge in [-0.1, -0.05) is 48.0 Å². The van der Waals surface area contributed by atoms with Crippen LogP contribution in [0.5, 0.6) is 0 Å². The van der Waals surface area contributed by atoms with Crippen molar-refractivity contribution in [2.45, 2.75) is 156 Å². The lowest BCUT2D eigenvalue weighted by atomic mass is 9.97. The van der Waals surface area contributed by atoms with E-state index in [9.17, 15) is 43.5 Å². The monoisotopic (exact) mass is 828 g/mol. The quantitative estimate of drug-likeness (QED) is 0.0243. The number of carboxylic acids is 1. The number of hydrogen-bond donors (Lipinski definition) is 12. The molecule has 0 aromatic carbocycles. The maximum Gasteiger partial charge on any atom is 0.325 e. The summed E-state index contributed by atoms with van der Waals surface area (Å²) in [5.74, 6) is -7.16. The number of nitrogens with one attached hydrogen (secondary N) is 7. The number of carboxylic acid groups (broad SMARTS) is 1. The summed E-state index contributed by atoms with van der Waals surface area (Å²) >= 11 is 0. The van der Waals surface area contributed by atoms with Crippen molar-refractivity contribution in [1.29, 1.82) is 0 Å². The van der Waals surface area contributed by atoms with Crippen LogP contribution in [0.15, 0.2) is 4.99 Å². The van der Waals surface area contributed by atoms with E-state index in [1.54, 1.807) is 13.8 Å². The molecular formula is C37H69N11O10. The Morgan fingerprint density at radius 3 is 1.50 bits per heavy atom. The first kappa shape index (κ1) is 52.9. The van der Waals surface area contributed by atoms with Gasteiger partial charge >= 0.3 is 5.97 Å². The van der Waals surface area contributed by atoms with Gasteiger partial charge in [-0.15, -0.1) is 0 Å². The number of hydrogen-bond acceptors (Lipinski definition) is 11. The summed E-state index contributed by atoms with van der Waals surface area (Å²) < 4.78 is 0. The maximum atomic E-state index is 13.5. The van der Waals surface area contributed by atoms with E-state index >= 15 is 0 Å². The van der Waals surface area contributed by atoms with Gasteiger partial charge in [0.25, 0.3) is 0 Å². The van der Waals surface area contributed by atoms with Crippen molar-refractivity contribution in [2.24, 2.45) is 39.9 Å². The molecule has 21 heteroatoms. The molecule has 0 fully saturated rings. The Hall–Kier alpha value is -5.05. The molecule has 0 aliphatic carbocycles. The molecule has 15 N–H and O–H groups in total. The Kier molecular flexibility index (Phi) is 23.8. The second kappa shape index (κ2) is 26.1. The summed E-state index contributed by atoms with van der Waals surface area (Å²) in [4.78, 5) is 107. The topological polar surface area (TPSA) is 352 Å². The van der Waals surface area contributed by atoms with Crippen LogP contribution in [0, 0.1) is 17.8 Å². The molecule has 0 unspecified atom stereocenters. The minimum Gasteiger partial charge on any atom is -0.480 e. The van der Waals surface area contributed by atoms with Crippen molar-refractivity contribution < 1.29 is 48.6 Å². The Morgan fingerprint density at radius 2 is 1.02 bits per heavy atom. The van der Waals surface area contributed by atoms with E-state index in [0.29, 0.717) is 19.3 Å². The number of nitrogens with two attached hydrogens (primary N) is 3. The van der Waals surface area contributed by atoms with E-state index in [-0.39, 0.29) is 37.2 Å². The molecule has 0 bridgehead atoms. The predicted octanol–water partition coefficient (Wildman–Crippen LogP) is -2.58. The normalized spacial score (nSPS) is 16.4. The van der Waals surface area contributed by atoms with Crippen LogP contribution in [0.2, 0.25) is 0 Å². The van der Waals surface area contributed by atoms with Gasteiger partial charge in [0.15, 0.2) is 5.96 Å². The number of aliphatic carboxylic acids is 1. The Balaban J connectivity index is 5.84. The molecule has 0 rings (SSSR count). The predicted molar refractivity (Wildman–Crippen MR) is 216 cm³/mol. The van der Waals surface area contributed by atoms with Gasteiger partial charge in [-0.25, -0.2) is 0 Å². The zero-order valence-corrected chi connectivity index (χ0v) is 35.5. The second-order valence-electron chi connectivity index (χ2n) is 15.6. The van der Waals surface area contributed by atoms with Gasteiger partial charge in [0.2, 0.25) is 41.4 Å². The molecule has 0 heterocycles. The van der Waals surface area contributed by atoms with Crippen molar-refractivity contribution in [3.8, 4) is 0 Å². The molecule has 332 valence electrons. The fourth-order valence-electron chi connectivity index (χ4n) is 5.42. The second-order valence-corrected chi connectivity index (χ2v) is 15.6. The molecule has 21 nitrogen and oxygen atoms in total. The minimum absolute atomic E-state index is 0.0903. The third kappa shape index (κ3) is 19.9. The fourth-order valence-corrected chi connectivity index (χ4v) is 5.42. The molecule has 0 spiro atoms. The van der Waals surface area contributed by atoms with E-state index in [2.05, 4.69) is 42.2 Å². The summed E-state index contributed by atoms with van der Waals surface area (Å²) in [5, 5.41) is 36.8. The van der Waals surface area contributed by atoms with Gasteiger partial charge in [0.1, 0.15) is 42.3 Å². The largest absolute Gasteiger partial charge is 0.480 e. The van der Waals surface area contributed by atoms with E-state index in [4.69, 9.17) is 22.3 Å². The van der Waals surface area contributed by atoms with Crippen LogP contribution in [0.3, 0.4) is 0 Å². The Labute approximate surface area is 341 Å². The van der Waals surface area contributed by atoms with Crippen LogP contribution < -0.4 is 54.4 Å². The smallest absolute Gasteiger partial charge is 0.325 e. The Morgan fingerprint density at radius 1 is 0.569 bits per heavy atom. The first-order valence-corrected chi connectivity index (χ1v) is 19.7. The van der Waals surface area contributed by atoms with Crippen molar-refractivity contribution in [1.82, 2.24) is 37.2 Å². The highest BCUT2D eigenvalue weighted by atomic mass is 16.4. The SMILES string of the molecule is CC[C@H](C)[C@H](NC(=O)[C@H](C)NC(=O)[C@H](C)NC(=O)[C@H](CC(C)C)NC(=O)[C@H](CCCN=C(N)N)NC(=O)[C@@H](N)CC(C)C)C(=O)N[C@H](C(=O)N[C@@H](C)C(=O)O)[C@@H](C)O. The molecule has 10 atom stereocenters. The summed E-state index contributed by atoms with van der Waals surface area (Å²) in [5.41, 5.74) is 16.8. The summed E-state index contributed by atoms with van der Waals surface area (Å²) in [6, 6.07) is -9.60. The van der Waals surface area contributed by atoms with Crippen LogP contribution >= 0.6 is 0 Å². The van der Waals surface area contributed by atoms with Crippen molar-refractivity contribution in [3.63, 3.8) is 0 Å². The number of amides is 7. The highest BCUT2D eigenvalue weighted by molar-refractivity contribution is 5.97. The van der Waals surface area contributed by atoms with Crippen molar-refractivity contribution >= 4 is 53.3 Å². The molecule has 0 aliphatic rings. The zero-order valence-electron chi connectivity index (χ0n) is 35.5. The van der Waals surface area contributed by atoms with Crippen LogP contribution in [0.4, 0.5) is 0 Å². The molecule has 0 aromatic heterocycles. The standard InChI is InChI=1S/C37H69N11O10/c1-11-19(6)27(34(55)48-28(23(10)49)35(56)44-22(9)36(57)58)47-30(51)21(8)42-29(50)20(7)43-33(54)26(16-18(4)5)46-32(53)25(13-12-14-41-37(39)40)45-31(52)24(38)15-17(2)3/h17-28,49H,11-16,38H2,1-10H3,(H,42,50)(H,43,54)(H,44,56)(H,45,52)(H,46,53)(H,47,51)(H,48,55)(H,57,58)(H4,39,40,41)/t19-,20-,21-,22-,23+,24-,25-,26-,27-,28-/m0/s1. The number of rotatable bonds is 26. The Bertz CT molecular complexity index is 1440. The lowest BCUT2D eigenvalue weighted by molar-refractivity contribution is -0.142. The van der Waals surface area contributed by atoms with Gasteiger partial charge in [-0.05, 0) is 71.1 Å². The summed E-state index contributed by atoms with van der Waals surface area (Å²) in [6.45, 7) is 16.2. The average Bonchev–Trinajstić information content (AvgIpc) is 3.11. The van der Waals surface area contributed by atoms with Gasteiger partial charge in [0, 0.05) is 6.54 Å². The average molecular weight is 828 g/mol. The number of aliphatic hydroxyl groups excluding tert-OH is 1. The minimum atomic E-state index is -1.54. The third-order valence-corrected chi connectivity index (χ3v) is 9.07. The number of aliphatic imine (C=N–C) groups is 1. The lowest BCUT2D eigenvalue weighted by Gasteiger charge is -2.29. The van der Waals surface area contributed by atoms with E-state index in [1.807, 2.05) is 27.7 Å². The highest BCUT2D eigenvalue weighted by Crippen LogP contribution is 2.11. The molecule has 0 saturated carbocycles. The number of aliphatic hydroxyl groups is 1. The third-order valence-electron chi connectivity index (χ3n) is 9.07. The van der Waals surface area contributed by atoms with Crippen molar-refractivity contribution in [3.05, 3.63) is 0 Å². The number of nitrogens with zero attached hydrogens (tertiary/aromatic N) is 1. The molecule has 58 heavy (non-hydrogen) atoms. The number of carbonyl (C=O) groups is 8. The summed E-state index contributed by atoms with van der Waals surface area (Å²) in [7, 11) is 0. The van der Waals surface area contributed by atoms with E-state index in [0.717, 1.165) is 0 Å². The first-order chi connectivity index (χ1) is 26.8. The van der Waals surface area contributed by atoms with E-state index in [1.165, 1.54) is 27.7 Å². The molecule has 7 amide bonds. The fraction of sp³-hybridized carbons (Fsp3) is 0.757. The molecular weight excluding hydrogens is 758 g/mol. The molecule has 0 aliphatic heterocycles. The maximum absolute atomic E-state index is 13.5. The number of carbonyl (C=O) groups excluding carboxylic acids is 7. The zero-order chi connectivity index (χ0) is 45.0. The number of guanidine groups is 1.